The van der Waals surface area contributed by atoms with Crippen LogP contribution in [0.5, 0.6) is 0 Å². The van der Waals surface area contributed by atoms with Gasteiger partial charge in [-0.3, -0.25) is 4.79 Å². The molecule has 0 heterocycles. The summed E-state index contributed by atoms with van der Waals surface area (Å²) >= 11 is 3.00. The van der Waals surface area contributed by atoms with Crippen LogP contribution < -0.4 is 0 Å². The molecular formula is C5H7BrO. The van der Waals surface area contributed by atoms with E-state index in [2.05, 4.69) is 22.5 Å². The Hall–Kier alpha value is -0.110. The molecule has 0 atom stereocenters. The molecule has 0 spiro atoms. The predicted molar refractivity (Wildman–Crippen MR) is 33.6 cm³/mol. The van der Waals surface area contributed by atoms with Crippen molar-refractivity contribution in [3.63, 3.8) is 0 Å². The van der Waals surface area contributed by atoms with Gasteiger partial charge in [0.25, 0.3) is 0 Å². The summed E-state index contributed by atoms with van der Waals surface area (Å²) in [6.45, 7) is 5.14. The summed E-state index contributed by atoms with van der Waals surface area (Å²) < 4.78 is 0. The molecule has 0 aliphatic carbocycles. The van der Waals surface area contributed by atoms with Gasteiger partial charge >= 0.3 is 0 Å². The number of rotatable bonds is 2. The van der Waals surface area contributed by atoms with Gasteiger partial charge in [0.1, 0.15) is 0 Å². The molecule has 0 aliphatic rings. The Morgan fingerprint density at radius 2 is 2.29 bits per heavy atom. The van der Waals surface area contributed by atoms with E-state index in [1.54, 1.807) is 6.92 Å². The molecule has 0 radical (unpaired) electrons. The number of Topliss-reactive ketones (excluding diaryl/α,β-unsaturated/α-hetero) is 1. The van der Waals surface area contributed by atoms with Crippen LogP contribution in [0.2, 0.25) is 0 Å². The van der Waals surface area contributed by atoms with Crippen LogP contribution in [0.4, 0.5) is 0 Å². The first-order chi connectivity index (χ1) is 3.18. The average Bonchev–Trinajstić information content (AvgIpc) is 1.65. The fourth-order valence-corrected chi connectivity index (χ4v) is 0.593. The summed E-state index contributed by atoms with van der Waals surface area (Å²) in [6.07, 6.45) is 0. The van der Waals surface area contributed by atoms with E-state index in [1.807, 2.05) is 0 Å². The third-order valence-electron chi connectivity index (χ3n) is 0.597. The zero-order chi connectivity index (χ0) is 5.86. The first kappa shape index (κ1) is 6.89. The fourth-order valence-electron chi connectivity index (χ4n) is 0.114. The Kier molecular flexibility index (Phi) is 2.92. The summed E-state index contributed by atoms with van der Waals surface area (Å²) in [5.74, 6) is 0.0694. The maximum absolute atomic E-state index is 10.4. The molecule has 0 fully saturated rings. The first-order valence-corrected chi connectivity index (χ1v) is 3.05. The zero-order valence-electron chi connectivity index (χ0n) is 4.20. The van der Waals surface area contributed by atoms with E-state index in [9.17, 15) is 4.79 Å². The van der Waals surface area contributed by atoms with Gasteiger partial charge < -0.3 is 0 Å². The molecule has 0 bridgehead atoms. The van der Waals surface area contributed by atoms with Crippen molar-refractivity contribution in [2.45, 2.75) is 6.92 Å². The van der Waals surface area contributed by atoms with Crippen molar-refractivity contribution in [2.75, 3.05) is 5.33 Å². The number of halogens is 1. The van der Waals surface area contributed by atoms with E-state index in [0.29, 0.717) is 10.9 Å². The molecule has 1 nitrogen and oxygen atoms in total. The van der Waals surface area contributed by atoms with Crippen LogP contribution in [-0.2, 0) is 4.79 Å². The van der Waals surface area contributed by atoms with E-state index >= 15 is 0 Å². The first-order valence-electron chi connectivity index (χ1n) is 1.93. The minimum absolute atomic E-state index is 0.0694. The summed E-state index contributed by atoms with van der Waals surface area (Å²) in [5, 5.41) is 0.391. The van der Waals surface area contributed by atoms with Crippen LogP contribution >= 0.6 is 15.9 Å². The summed E-state index contributed by atoms with van der Waals surface area (Å²) in [5.41, 5.74) is 0.608. The number of carbonyl (C=O) groups is 1. The van der Waals surface area contributed by atoms with Crippen LogP contribution in [0.15, 0.2) is 12.2 Å². The molecule has 7 heavy (non-hydrogen) atoms. The van der Waals surface area contributed by atoms with Crippen molar-refractivity contribution >= 4 is 21.7 Å². The van der Waals surface area contributed by atoms with Gasteiger partial charge in [-0.1, -0.05) is 22.5 Å². The second kappa shape index (κ2) is 2.97. The molecule has 0 saturated heterocycles. The second-order valence-electron chi connectivity index (χ2n) is 1.34. The minimum Gasteiger partial charge on any atom is -0.294 e. The molecule has 0 aliphatic heterocycles. The maximum atomic E-state index is 10.4. The zero-order valence-corrected chi connectivity index (χ0v) is 5.79. The van der Waals surface area contributed by atoms with E-state index < -0.39 is 0 Å². The molecular weight excluding hydrogens is 156 g/mol. The normalized spacial score (nSPS) is 8.29. The summed E-state index contributed by atoms with van der Waals surface area (Å²) in [7, 11) is 0. The Balaban J connectivity index is 3.58. The average molecular weight is 163 g/mol. The molecule has 0 aromatic rings. The highest BCUT2D eigenvalue weighted by Gasteiger charge is 1.95. The standard InChI is InChI=1S/C5H7BrO/c1-4(2)5(7)3-6/h1,3H2,2H3. The van der Waals surface area contributed by atoms with Crippen molar-refractivity contribution in [1.29, 1.82) is 0 Å². The number of ketones is 1. The lowest BCUT2D eigenvalue weighted by Gasteiger charge is -1.86. The van der Waals surface area contributed by atoms with E-state index in [1.165, 1.54) is 0 Å². The highest BCUT2D eigenvalue weighted by Crippen LogP contribution is 1.92. The Morgan fingerprint density at radius 1 is 1.86 bits per heavy atom. The third-order valence-corrected chi connectivity index (χ3v) is 1.11. The van der Waals surface area contributed by atoms with Crippen LogP contribution in [0.1, 0.15) is 6.92 Å². The maximum Gasteiger partial charge on any atom is 0.168 e. The molecule has 0 N–H and O–H groups in total. The van der Waals surface area contributed by atoms with Crippen LogP contribution in [0, 0.1) is 0 Å². The molecule has 0 unspecified atom stereocenters. The lowest BCUT2D eigenvalue weighted by Crippen LogP contribution is -1.97. The van der Waals surface area contributed by atoms with Crippen molar-refractivity contribution in [2.24, 2.45) is 0 Å². The lowest BCUT2D eigenvalue weighted by molar-refractivity contribution is -0.113. The Bertz CT molecular complexity index is 96.3. The van der Waals surface area contributed by atoms with E-state index in [4.69, 9.17) is 0 Å². The molecule has 2 heteroatoms. The van der Waals surface area contributed by atoms with Gasteiger partial charge in [-0.05, 0) is 12.5 Å². The quantitative estimate of drug-likeness (QED) is 0.445. The molecule has 0 rings (SSSR count). The van der Waals surface area contributed by atoms with E-state index in [-0.39, 0.29) is 5.78 Å². The largest absolute Gasteiger partial charge is 0.294 e. The number of hydrogen-bond acceptors (Lipinski definition) is 1. The number of alkyl halides is 1. The van der Waals surface area contributed by atoms with Gasteiger partial charge in [0, 0.05) is 0 Å². The van der Waals surface area contributed by atoms with Crippen LogP contribution in [0.3, 0.4) is 0 Å². The van der Waals surface area contributed by atoms with Crippen molar-refractivity contribution < 1.29 is 4.79 Å². The highest BCUT2D eigenvalue weighted by atomic mass is 79.9. The topological polar surface area (TPSA) is 17.1 Å². The Morgan fingerprint density at radius 3 is 2.29 bits per heavy atom. The number of allylic oxidation sites excluding steroid dienone is 1. The van der Waals surface area contributed by atoms with Crippen molar-refractivity contribution in [3.8, 4) is 0 Å². The van der Waals surface area contributed by atoms with Crippen molar-refractivity contribution in [3.05, 3.63) is 12.2 Å². The molecule has 0 aromatic carbocycles. The molecule has 0 saturated carbocycles. The van der Waals surface area contributed by atoms with Crippen molar-refractivity contribution in [1.82, 2.24) is 0 Å². The smallest absolute Gasteiger partial charge is 0.168 e. The van der Waals surface area contributed by atoms with Crippen LogP contribution in [-0.4, -0.2) is 11.1 Å². The van der Waals surface area contributed by atoms with Crippen LogP contribution in [0.25, 0.3) is 0 Å². The number of hydrogen-bond donors (Lipinski definition) is 0. The molecule has 0 amide bonds. The third kappa shape index (κ3) is 2.57. The fraction of sp³-hybridized carbons (Fsp3) is 0.400. The molecule has 0 aromatic heterocycles. The second-order valence-corrected chi connectivity index (χ2v) is 1.90. The monoisotopic (exact) mass is 162 g/mol. The van der Waals surface area contributed by atoms with Gasteiger partial charge in [-0.2, -0.15) is 0 Å². The molecule has 40 valence electrons. The van der Waals surface area contributed by atoms with Gasteiger partial charge in [0.15, 0.2) is 5.78 Å². The SMILES string of the molecule is C=C(C)C(=O)CBr. The summed E-state index contributed by atoms with van der Waals surface area (Å²) in [4.78, 5) is 10.4. The van der Waals surface area contributed by atoms with Gasteiger partial charge in [0.05, 0.1) is 5.33 Å². The highest BCUT2D eigenvalue weighted by molar-refractivity contribution is 9.09. The number of carbonyl (C=O) groups excluding carboxylic acids is 1. The van der Waals surface area contributed by atoms with Gasteiger partial charge in [0.2, 0.25) is 0 Å². The van der Waals surface area contributed by atoms with Gasteiger partial charge in [-0.25, -0.2) is 0 Å². The van der Waals surface area contributed by atoms with E-state index in [0.717, 1.165) is 0 Å². The predicted octanol–water partition coefficient (Wildman–Crippen LogP) is 1.53. The minimum atomic E-state index is 0.0694. The summed E-state index contributed by atoms with van der Waals surface area (Å²) in [6, 6.07) is 0. The van der Waals surface area contributed by atoms with Gasteiger partial charge in [-0.15, -0.1) is 0 Å². The Labute approximate surface area is 51.5 Å². The lowest BCUT2D eigenvalue weighted by atomic mass is 10.3.